The van der Waals surface area contributed by atoms with Gasteiger partial charge in [0, 0.05) is 11.1 Å². The molecule has 0 fully saturated rings. The van der Waals surface area contributed by atoms with E-state index in [1.165, 1.54) is 36.8 Å². The molecule has 0 atom stereocenters. The van der Waals surface area contributed by atoms with Crippen LogP contribution in [0.4, 0.5) is 0 Å². The lowest BCUT2D eigenvalue weighted by molar-refractivity contribution is 0.111. The molecule has 0 aliphatic rings. The van der Waals surface area contributed by atoms with Crippen molar-refractivity contribution in [2.45, 2.75) is 58.8 Å². The number of unbranched alkanes of at least 4 members (excludes halogenated alkanes) is 3. The van der Waals surface area contributed by atoms with Crippen LogP contribution in [-0.2, 0) is 12.8 Å². The summed E-state index contributed by atoms with van der Waals surface area (Å²) in [5.41, 5.74) is 4.05. The predicted molar refractivity (Wildman–Crippen MR) is 106 cm³/mol. The molecule has 0 unspecified atom stereocenters. The van der Waals surface area contributed by atoms with Crippen molar-refractivity contribution >= 4 is 12.6 Å². The zero-order chi connectivity index (χ0) is 18.3. The van der Waals surface area contributed by atoms with E-state index in [1.807, 2.05) is 48.5 Å². The molecule has 2 rings (SSSR count). The minimum atomic E-state index is 0.839. The maximum absolute atomic E-state index is 10.7. The number of hydrogen-bond acceptors (Lipinski definition) is 2. The van der Waals surface area contributed by atoms with Crippen molar-refractivity contribution in [1.82, 2.24) is 0 Å². The van der Waals surface area contributed by atoms with Gasteiger partial charge in [-0.2, -0.15) is 0 Å². The molecule has 0 spiro atoms. The predicted octanol–water partition coefficient (Wildman–Crippen LogP) is 6.07. The molecule has 0 N–H and O–H groups in total. The molecule has 0 saturated carbocycles. The van der Waals surface area contributed by atoms with Crippen molar-refractivity contribution in [3.63, 3.8) is 0 Å². The summed E-state index contributed by atoms with van der Waals surface area (Å²) in [6.07, 6.45) is 9.91. The highest BCUT2D eigenvalue weighted by Gasteiger charge is 1.99. The standard InChI is InChI=1S/C12H16O.C11H14O/c1-2-3-4-7-11-8-5-6-9-12(11)10-13;1-2-3-6-10-7-4-5-8-11(10)9-12/h5-6,8-10H,2-4,7H2,1H3;4-5,7-9H,2-3,6H2,1H3. The normalized spacial score (nSPS) is 9.84. The fraction of sp³-hybridized carbons (Fsp3) is 0.391. The van der Waals surface area contributed by atoms with Crippen molar-refractivity contribution in [1.29, 1.82) is 0 Å². The van der Waals surface area contributed by atoms with Gasteiger partial charge in [0.2, 0.25) is 0 Å². The van der Waals surface area contributed by atoms with Gasteiger partial charge in [-0.1, -0.05) is 81.6 Å². The molecule has 0 saturated heterocycles. The molecule has 2 heteroatoms. The smallest absolute Gasteiger partial charge is 0.150 e. The molecule has 0 bridgehead atoms. The van der Waals surface area contributed by atoms with Crippen LogP contribution in [0.15, 0.2) is 48.5 Å². The second kappa shape index (κ2) is 13.1. The van der Waals surface area contributed by atoms with E-state index in [4.69, 9.17) is 0 Å². The molecule has 0 radical (unpaired) electrons. The van der Waals surface area contributed by atoms with E-state index < -0.39 is 0 Å². The minimum absolute atomic E-state index is 0.839. The zero-order valence-electron chi connectivity index (χ0n) is 15.5. The Bertz CT molecular complexity index is 631. The van der Waals surface area contributed by atoms with Crippen LogP contribution in [0.2, 0.25) is 0 Å². The number of aryl methyl sites for hydroxylation is 2. The summed E-state index contributed by atoms with van der Waals surface area (Å²) in [5, 5.41) is 0. The van der Waals surface area contributed by atoms with E-state index >= 15 is 0 Å². The van der Waals surface area contributed by atoms with Crippen LogP contribution >= 0.6 is 0 Å². The third-order valence-corrected chi connectivity index (χ3v) is 4.21. The van der Waals surface area contributed by atoms with E-state index in [2.05, 4.69) is 13.8 Å². The first kappa shape index (κ1) is 20.8. The number of hydrogen-bond donors (Lipinski definition) is 0. The van der Waals surface area contributed by atoms with Crippen molar-refractivity contribution in [2.75, 3.05) is 0 Å². The second-order valence-corrected chi connectivity index (χ2v) is 6.19. The minimum Gasteiger partial charge on any atom is -0.298 e. The number of benzene rings is 2. The summed E-state index contributed by atoms with van der Waals surface area (Å²) >= 11 is 0. The lowest BCUT2D eigenvalue weighted by Gasteiger charge is -2.02. The van der Waals surface area contributed by atoms with Gasteiger partial charge in [0.05, 0.1) is 0 Å². The van der Waals surface area contributed by atoms with Crippen molar-refractivity contribution in [2.24, 2.45) is 0 Å². The SMILES string of the molecule is CCCCCc1ccccc1C=O.CCCCc1ccccc1C=O. The third kappa shape index (κ3) is 7.93. The van der Waals surface area contributed by atoms with Gasteiger partial charge in [0.25, 0.3) is 0 Å². The first-order chi connectivity index (χ1) is 12.3. The number of carbonyl (C=O) groups excluding carboxylic acids is 2. The molecule has 25 heavy (non-hydrogen) atoms. The first-order valence-corrected chi connectivity index (χ1v) is 9.32. The highest BCUT2D eigenvalue weighted by Crippen LogP contribution is 2.11. The third-order valence-electron chi connectivity index (χ3n) is 4.21. The van der Waals surface area contributed by atoms with Gasteiger partial charge in [0.1, 0.15) is 12.6 Å². The highest BCUT2D eigenvalue weighted by atomic mass is 16.1. The Hall–Kier alpha value is -2.22. The number of carbonyl (C=O) groups is 2. The quantitative estimate of drug-likeness (QED) is 0.410. The molecular formula is C23H30O2. The molecule has 134 valence electrons. The van der Waals surface area contributed by atoms with Gasteiger partial charge in [-0.15, -0.1) is 0 Å². The lowest BCUT2D eigenvalue weighted by Crippen LogP contribution is -1.92. The maximum Gasteiger partial charge on any atom is 0.150 e. The number of aldehydes is 2. The second-order valence-electron chi connectivity index (χ2n) is 6.19. The van der Waals surface area contributed by atoms with Gasteiger partial charge in [-0.05, 0) is 36.8 Å². The Balaban J connectivity index is 0.000000251. The van der Waals surface area contributed by atoms with E-state index in [0.717, 1.165) is 43.0 Å². The zero-order valence-corrected chi connectivity index (χ0v) is 15.5. The van der Waals surface area contributed by atoms with Crippen molar-refractivity contribution < 1.29 is 9.59 Å². The molecular weight excluding hydrogens is 308 g/mol. The summed E-state index contributed by atoms with van der Waals surface area (Å²) in [4.78, 5) is 21.3. The van der Waals surface area contributed by atoms with Gasteiger partial charge in [-0.25, -0.2) is 0 Å². The summed E-state index contributed by atoms with van der Waals surface area (Å²) in [6.45, 7) is 4.34. The average molecular weight is 338 g/mol. The number of rotatable bonds is 9. The van der Waals surface area contributed by atoms with Crippen LogP contribution in [0, 0.1) is 0 Å². The van der Waals surface area contributed by atoms with Crippen LogP contribution in [-0.4, -0.2) is 12.6 Å². The highest BCUT2D eigenvalue weighted by molar-refractivity contribution is 5.77. The Morgan fingerprint density at radius 2 is 1.08 bits per heavy atom. The fourth-order valence-corrected chi connectivity index (χ4v) is 2.69. The molecule has 0 aliphatic carbocycles. The van der Waals surface area contributed by atoms with Gasteiger partial charge < -0.3 is 0 Å². The van der Waals surface area contributed by atoms with Gasteiger partial charge in [0.15, 0.2) is 0 Å². The molecule has 2 aromatic carbocycles. The van der Waals surface area contributed by atoms with Gasteiger partial charge in [-0.3, -0.25) is 9.59 Å². The molecule has 0 amide bonds. The first-order valence-electron chi connectivity index (χ1n) is 9.32. The van der Waals surface area contributed by atoms with E-state index in [0.29, 0.717) is 0 Å². The summed E-state index contributed by atoms with van der Waals surface area (Å²) in [6, 6.07) is 15.6. The molecule has 0 aliphatic heterocycles. The fourth-order valence-electron chi connectivity index (χ4n) is 2.69. The van der Waals surface area contributed by atoms with E-state index in [1.54, 1.807) is 0 Å². The summed E-state index contributed by atoms with van der Waals surface area (Å²) < 4.78 is 0. The summed E-state index contributed by atoms with van der Waals surface area (Å²) in [5.74, 6) is 0. The molecule has 2 nitrogen and oxygen atoms in total. The van der Waals surface area contributed by atoms with Crippen LogP contribution in [0.25, 0.3) is 0 Å². The topological polar surface area (TPSA) is 34.1 Å². The largest absolute Gasteiger partial charge is 0.298 e. The lowest BCUT2D eigenvalue weighted by atomic mass is 10.0. The monoisotopic (exact) mass is 338 g/mol. The van der Waals surface area contributed by atoms with Crippen molar-refractivity contribution in [3.8, 4) is 0 Å². The average Bonchev–Trinajstić information content (AvgIpc) is 2.67. The van der Waals surface area contributed by atoms with E-state index in [9.17, 15) is 9.59 Å². The molecule has 2 aromatic rings. The van der Waals surface area contributed by atoms with Crippen LogP contribution in [0.5, 0.6) is 0 Å². The Morgan fingerprint density at radius 1 is 0.640 bits per heavy atom. The van der Waals surface area contributed by atoms with Crippen LogP contribution in [0.3, 0.4) is 0 Å². The maximum atomic E-state index is 10.7. The Labute approximate surface area is 152 Å². The van der Waals surface area contributed by atoms with Crippen LogP contribution in [0.1, 0.15) is 77.8 Å². The van der Waals surface area contributed by atoms with Crippen molar-refractivity contribution in [3.05, 3.63) is 70.8 Å². The molecule has 0 heterocycles. The van der Waals surface area contributed by atoms with Gasteiger partial charge >= 0.3 is 0 Å². The Morgan fingerprint density at radius 3 is 1.52 bits per heavy atom. The summed E-state index contributed by atoms with van der Waals surface area (Å²) in [7, 11) is 0. The molecule has 0 aromatic heterocycles. The van der Waals surface area contributed by atoms with E-state index in [-0.39, 0.29) is 0 Å². The van der Waals surface area contributed by atoms with Crippen LogP contribution < -0.4 is 0 Å². The Kier molecular flexibility index (Phi) is 10.9.